The van der Waals surface area contributed by atoms with Gasteiger partial charge >= 0.3 is 5.97 Å². The highest BCUT2D eigenvalue weighted by atomic mass is 127. The molecule has 76 valence electrons. The summed E-state index contributed by atoms with van der Waals surface area (Å²) in [7, 11) is 0. The molecule has 0 aromatic heterocycles. The molecule has 0 saturated carbocycles. The van der Waals surface area contributed by atoms with Crippen molar-refractivity contribution in [2.24, 2.45) is 0 Å². The van der Waals surface area contributed by atoms with Crippen molar-refractivity contribution in [3.05, 3.63) is 12.2 Å². The number of rotatable bonds is 4. The zero-order valence-electron chi connectivity index (χ0n) is 8.47. The van der Waals surface area contributed by atoms with Gasteiger partial charge in [-0.25, -0.2) is 4.79 Å². The third-order valence-electron chi connectivity index (χ3n) is 1.17. The number of carbonyl (C=O) groups excluding carboxylic acids is 1. The Bertz CT molecular complexity index is 180. The van der Waals surface area contributed by atoms with E-state index in [1.807, 2.05) is 26.8 Å². The van der Waals surface area contributed by atoms with Crippen molar-refractivity contribution < 1.29 is 9.53 Å². The zero-order chi connectivity index (χ0) is 10.3. The number of alkyl halides is 1. The molecule has 0 aromatic carbocycles. The van der Waals surface area contributed by atoms with Crippen LogP contribution in [0.1, 0.15) is 33.6 Å². The fraction of sp³-hybridized carbons (Fsp3) is 0.700. The van der Waals surface area contributed by atoms with Crippen molar-refractivity contribution in [3.8, 4) is 0 Å². The van der Waals surface area contributed by atoms with Crippen molar-refractivity contribution in [2.75, 3.05) is 4.43 Å². The summed E-state index contributed by atoms with van der Waals surface area (Å²) in [6, 6.07) is 0. The Hall–Kier alpha value is -0.0600. The molecular formula is C10H17IO2. The van der Waals surface area contributed by atoms with E-state index in [9.17, 15) is 4.79 Å². The molecule has 0 N–H and O–H groups in total. The van der Waals surface area contributed by atoms with Crippen molar-refractivity contribution >= 4 is 28.6 Å². The van der Waals surface area contributed by atoms with Crippen molar-refractivity contribution in [1.29, 1.82) is 0 Å². The lowest BCUT2D eigenvalue weighted by atomic mass is 10.2. The van der Waals surface area contributed by atoms with Gasteiger partial charge in [0.25, 0.3) is 0 Å². The molecule has 0 spiro atoms. The molecule has 0 rings (SSSR count). The van der Waals surface area contributed by atoms with E-state index < -0.39 is 0 Å². The molecule has 0 aliphatic heterocycles. The summed E-state index contributed by atoms with van der Waals surface area (Å²) in [5.41, 5.74) is -0.384. The number of esters is 1. The first-order valence-electron chi connectivity index (χ1n) is 4.41. The fourth-order valence-corrected chi connectivity index (χ4v) is 1.15. The lowest BCUT2D eigenvalue weighted by Crippen LogP contribution is -2.22. The number of carbonyl (C=O) groups is 1. The van der Waals surface area contributed by atoms with Gasteiger partial charge in [-0.1, -0.05) is 28.7 Å². The smallest absolute Gasteiger partial charge is 0.330 e. The maximum Gasteiger partial charge on any atom is 0.330 e. The van der Waals surface area contributed by atoms with Crippen LogP contribution in [0.2, 0.25) is 0 Å². The van der Waals surface area contributed by atoms with E-state index >= 15 is 0 Å². The molecule has 3 heteroatoms. The molecule has 2 nitrogen and oxygen atoms in total. The largest absolute Gasteiger partial charge is 0.457 e. The predicted octanol–water partition coefficient (Wildman–Crippen LogP) is 3.10. The SMILES string of the molecule is CC(C)(C)OC(=O)C=CCCCI. The maximum absolute atomic E-state index is 11.1. The van der Waals surface area contributed by atoms with Crippen LogP contribution in [0.4, 0.5) is 0 Å². The van der Waals surface area contributed by atoms with Crippen LogP contribution < -0.4 is 0 Å². The first kappa shape index (κ1) is 12.9. The summed E-state index contributed by atoms with van der Waals surface area (Å²) in [6.45, 7) is 5.59. The average Bonchev–Trinajstić information content (AvgIpc) is 1.94. The Labute approximate surface area is 93.9 Å². The molecule has 0 saturated heterocycles. The second-order valence-corrected chi connectivity index (χ2v) is 4.85. The minimum absolute atomic E-state index is 0.249. The molecule has 13 heavy (non-hydrogen) atoms. The Morgan fingerprint density at radius 3 is 2.54 bits per heavy atom. The molecule has 0 radical (unpaired) electrons. The van der Waals surface area contributed by atoms with Gasteiger partial charge in [0.05, 0.1) is 0 Å². The highest BCUT2D eigenvalue weighted by molar-refractivity contribution is 14.1. The summed E-state index contributed by atoms with van der Waals surface area (Å²) >= 11 is 2.32. The predicted molar refractivity (Wildman–Crippen MR) is 63.1 cm³/mol. The van der Waals surface area contributed by atoms with E-state index in [4.69, 9.17) is 4.74 Å². The lowest BCUT2D eigenvalue weighted by molar-refractivity contribution is -0.148. The topological polar surface area (TPSA) is 26.3 Å². The molecule has 0 heterocycles. The van der Waals surface area contributed by atoms with E-state index in [1.54, 1.807) is 0 Å². The molecule has 0 unspecified atom stereocenters. The third-order valence-corrected chi connectivity index (χ3v) is 1.93. The number of unbranched alkanes of at least 4 members (excludes halogenated alkanes) is 1. The molecule has 0 amide bonds. The van der Waals surface area contributed by atoms with Gasteiger partial charge in [-0.2, -0.15) is 0 Å². The first-order chi connectivity index (χ1) is 5.95. The number of hydrogen-bond donors (Lipinski definition) is 0. The Morgan fingerprint density at radius 2 is 2.08 bits per heavy atom. The number of hydrogen-bond acceptors (Lipinski definition) is 2. The molecule has 0 fully saturated rings. The normalized spacial score (nSPS) is 12.0. The molecule has 0 atom stereocenters. The molecule has 0 aromatic rings. The van der Waals surface area contributed by atoms with Gasteiger partial charge in [-0.05, 0) is 38.0 Å². The van der Waals surface area contributed by atoms with Crippen molar-refractivity contribution in [3.63, 3.8) is 0 Å². The number of ether oxygens (including phenoxy) is 1. The maximum atomic E-state index is 11.1. The van der Waals surface area contributed by atoms with Gasteiger partial charge < -0.3 is 4.74 Å². The van der Waals surface area contributed by atoms with E-state index in [-0.39, 0.29) is 11.6 Å². The quantitative estimate of drug-likeness (QED) is 0.262. The van der Waals surface area contributed by atoms with Crippen LogP contribution in [-0.2, 0) is 9.53 Å². The van der Waals surface area contributed by atoms with E-state index in [0.29, 0.717) is 0 Å². The molecule has 0 aliphatic carbocycles. The van der Waals surface area contributed by atoms with Crippen LogP contribution in [0.3, 0.4) is 0 Å². The van der Waals surface area contributed by atoms with Crippen LogP contribution in [0.5, 0.6) is 0 Å². The highest BCUT2D eigenvalue weighted by Gasteiger charge is 2.13. The highest BCUT2D eigenvalue weighted by Crippen LogP contribution is 2.07. The summed E-state index contributed by atoms with van der Waals surface area (Å²) in [5, 5.41) is 0. The minimum atomic E-state index is -0.384. The average molecular weight is 296 g/mol. The van der Waals surface area contributed by atoms with Gasteiger partial charge in [0, 0.05) is 6.08 Å². The standard InChI is InChI=1S/C10H17IO2/c1-10(2,3)13-9(12)7-5-4-6-8-11/h5,7H,4,6,8H2,1-3H3. The van der Waals surface area contributed by atoms with Crippen LogP contribution in [0.15, 0.2) is 12.2 Å². The van der Waals surface area contributed by atoms with Gasteiger partial charge in [0.2, 0.25) is 0 Å². The summed E-state index contributed by atoms with van der Waals surface area (Å²) in [4.78, 5) is 11.1. The number of halogens is 1. The Morgan fingerprint density at radius 1 is 1.46 bits per heavy atom. The van der Waals surface area contributed by atoms with Crippen LogP contribution in [0.25, 0.3) is 0 Å². The first-order valence-corrected chi connectivity index (χ1v) is 5.94. The zero-order valence-corrected chi connectivity index (χ0v) is 10.6. The van der Waals surface area contributed by atoms with Crippen molar-refractivity contribution in [2.45, 2.75) is 39.2 Å². The van der Waals surface area contributed by atoms with E-state index in [2.05, 4.69) is 22.6 Å². The van der Waals surface area contributed by atoms with Gasteiger partial charge in [-0.3, -0.25) is 0 Å². The second kappa shape index (κ2) is 6.40. The van der Waals surface area contributed by atoms with Crippen molar-refractivity contribution in [1.82, 2.24) is 0 Å². The summed E-state index contributed by atoms with van der Waals surface area (Å²) < 4.78 is 6.21. The van der Waals surface area contributed by atoms with Gasteiger partial charge in [0.1, 0.15) is 5.60 Å². The Kier molecular flexibility index (Phi) is 6.37. The molecule has 0 aliphatic rings. The second-order valence-electron chi connectivity index (χ2n) is 3.77. The monoisotopic (exact) mass is 296 g/mol. The summed E-state index contributed by atoms with van der Waals surface area (Å²) in [5.74, 6) is -0.249. The molecular weight excluding hydrogens is 279 g/mol. The van der Waals surface area contributed by atoms with Gasteiger partial charge in [0.15, 0.2) is 0 Å². The Balaban J connectivity index is 3.68. The van der Waals surface area contributed by atoms with Crippen LogP contribution in [0, 0.1) is 0 Å². The van der Waals surface area contributed by atoms with Crippen LogP contribution >= 0.6 is 22.6 Å². The van der Waals surface area contributed by atoms with Crippen LogP contribution in [-0.4, -0.2) is 16.0 Å². The van der Waals surface area contributed by atoms with Gasteiger partial charge in [-0.15, -0.1) is 0 Å². The van der Waals surface area contributed by atoms with E-state index in [1.165, 1.54) is 6.08 Å². The number of allylic oxidation sites excluding steroid dienone is 1. The lowest BCUT2D eigenvalue weighted by Gasteiger charge is -2.17. The molecule has 0 bridgehead atoms. The fourth-order valence-electron chi connectivity index (χ4n) is 0.710. The summed E-state index contributed by atoms with van der Waals surface area (Å²) in [6.07, 6.45) is 5.44. The third kappa shape index (κ3) is 9.86. The van der Waals surface area contributed by atoms with E-state index in [0.717, 1.165) is 17.3 Å². The minimum Gasteiger partial charge on any atom is -0.457 e.